The molecule has 1 unspecified atom stereocenters. The van der Waals surface area contributed by atoms with Crippen molar-refractivity contribution in [3.8, 4) is 0 Å². The molecule has 2 saturated carbocycles. The van der Waals surface area contributed by atoms with Crippen LogP contribution in [-0.4, -0.2) is 39.1 Å². The van der Waals surface area contributed by atoms with E-state index in [2.05, 4.69) is 19.9 Å². The molecule has 5 heteroatoms. The van der Waals surface area contributed by atoms with Crippen molar-refractivity contribution in [2.45, 2.75) is 77.1 Å². The number of carbonyl (C=O) groups excluding carboxylic acids is 2. The van der Waals surface area contributed by atoms with E-state index < -0.39 is 6.10 Å². The Hall–Kier alpha value is -0.910. The van der Waals surface area contributed by atoms with Gasteiger partial charge in [0.1, 0.15) is 0 Å². The maximum atomic E-state index is 13.1. The summed E-state index contributed by atoms with van der Waals surface area (Å²) < 4.78 is 0. The molecule has 0 saturated heterocycles. The molecule has 8 atom stereocenters. The highest BCUT2D eigenvalue weighted by molar-refractivity contribution is 8.14. The zero-order chi connectivity index (χ0) is 21.7. The molecule has 0 spiro atoms. The molecule has 0 aromatic carbocycles. The van der Waals surface area contributed by atoms with Crippen LogP contribution < -0.4 is 0 Å². The molecule has 0 aromatic rings. The molecule has 166 valence electrons. The van der Waals surface area contributed by atoms with Crippen molar-refractivity contribution in [3.63, 3.8) is 0 Å². The van der Waals surface area contributed by atoms with E-state index in [1.807, 2.05) is 19.1 Å². The maximum Gasteiger partial charge on any atom is 0.192 e. The highest BCUT2D eigenvalue weighted by Gasteiger charge is 2.60. The van der Waals surface area contributed by atoms with Crippen LogP contribution in [0.4, 0.5) is 0 Å². The van der Waals surface area contributed by atoms with E-state index in [-0.39, 0.29) is 45.4 Å². The van der Waals surface area contributed by atoms with Gasteiger partial charge >= 0.3 is 0 Å². The Morgan fingerprint density at radius 1 is 1.30 bits per heavy atom. The topological polar surface area (TPSA) is 74.6 Å². The molecule has 4 aliphatic rings. The maximum absolute atomic E-state index is 13.1. The van der Waals surface area contributed by atoms with Crippen molar-refractivity contribution in [2.24, 2.45) is 34.5 Å². The molecule has 0 aliphatic heterocycles. The minimum absolute atomic E-state index is 0.0316. The van der Waals surface area contributed by atoms with Gasteiger partial charge in [0.05, 0.1) is 6.10 Å². The van der Waals surface area contributed by atoms with Gasteiger partial charge in [-0.05, 0) is 67.8 Å². The summed E-state index contributed by atoms with van der Waals surface area (Å²) in [6, 6.07) is 0. The third-order valence-corrected chi connectivity index (χ3v) is 10.3. The molecule has 0 radical (unpaired) electrons. The first-order chi connectivity index (χ1) is 14.2. The second kappa shape index (κ2) is 8.22. The number of aliphatic hydroxyl groups is 2. The van der Waals surface area contributed by atoms with Crippen LogP contribution in [0.5, 0.6) is 0 Å². The van der Waals surface area contributed by atoms with Gasteiger partial charge < -0.3 is 10.2 Å². The van der Waals surface area contributed by atoms with E-state index in [0.29, 0.717) is 31.1 Å². The van der Waals surface area contributed by atoms with Crippen LogP contribution in [0.15, 0.2) is 23.8 Å². The fourth-order valence-corrected chi connectivity index (χ4v) is 8.26. The summed E-state index contributed by atoms with van der Waals surface area (Å²) in [6.45, 7) is 6.63. The third-order valence-electron chi connectivity index (χ3n) is 8.90. The standard InChI is InChI=1S/C25H36O4S/c1-15(5-4-12-26)23(29)30-20-14-16-13-17(27)8-10-24(16,2)19-9-11-25(3)18(22(19)20)6-7-21(25)28/h6-7,13,15,18-22,26,28H,4-5,8-12,14H2,1-3H3/t15?,18-,19-,20+,21-,22-,24-,25-/m0/s1. The first-order valence-electron chi connectivity index (χ1n) is 11.6. The lowest BCUT2D eigenvalue weighted by molar-refractivity contribution is -0.117. The molecule has 0 heterocycles. The van der Waals surface area contributed by atoms with Gasteiger partial charge in [0.15, 0.2) is 10.9 Å². The lowest BCUT2D eigenvalue weighted by atomic mass is 9.47. The Labute approximate surface area is 184 Å². The monoisotopic (exact) mass is 432 g/mol. The third kappa shape index (κ3) is 3.55. The highest BCUT2D eigenvalue weighted by Crippen LogP contribution is 2.65. The summed E-state index contributed by atoms with van der Waals surface area (Å²) >= 11 is 1.48. The first kappa shape index (κ1) is 22.3. The van der Waals surface area contributed by atoms with Crippen LogP contribution >= 0.6 is 11.8 Å². The van der Waals surface area contributed by atoms with Gasteiger partial charge in [-0.2, -0.15) is 0 Å². The van der Waals surface area contributed by atoms with E-state index in [4.69, 9.17) is 5.11 Å². The quantitative estimate of drug-likeness (QED) is 0.634. The van der Waals surface area contributed by atoms with Gasteiger partial charge in [0, 0.05) is 29.6 Å². The largest absolute Gasteiger partial charge is 0.396 e. The lowest BCUT2D eigenvalue weighted by Crippen LogP contribution is -2.55. The molecule has 0 aromatic heterocycles. The van der Waals surface area contributed by atoms with Crippen molar-refractivity contribution < 1.29 is 19.8 Å². The summed E-state index contributed by atoms with van der Waals surface area (Å²) in [4.78, 5) is 25.3. The second-order valence-corrected chi connectivity index (χ2v) is 11.8. The molecule has 4 nitrogen and oxygen atoms in total. The van der Waals surface area contributed by atoms with Gasteiger partial charge in [0.2, 0.25) is 0 Å². The van der Waals surface area contributed by atoms with Crippen molar-refractivity contribution in [3.05, 3.63) is 23.8 Å². The van der Waals surface area contributed by atoms with E-state index >= 15 is 0 Å². The number of fused-ring (bicyclic) bond motifs is 5. The van der Waals surface area contributed by atoms with Gasteiger partial charge in [-0.25, -0.2) is 0 Å². The number of thioether (sulfide) groups is 1. The average molecular weight is 433 g/mol. The van der Waals surface area contributed by atoms with Gasteiger partial charge in [-0.15, -0.1) is 0 Å². The van der Waals surface area contributed by atoms with Crippen molar-refractivity contribution in [1.82, 2.24) is 0 Å². The number of hydrogen-bond donors (Lipinski definition) is 2. The van der Waals surface area contributed by atoms with E-state index in [0.717, 1.165) is 25.7 Å². The van der Waals surface area contributed by atoms with Crippen LogP contribution in [0.1, 0.15) is 65.7 Å². The summed E-state index contributed by atoms with van der Waals surface area (Å²) in [5.41, 5.74) is 1.14. The fourth-order valence-electron chi connectivity index (χ4n) is 6.83. The van der Waals surface area contributed by atoms with Crippen LogP contribution in [0, 0.1) is 34.5 Å². The Kier molecular flexibility index (Phi) is 6.10. The van der Waals surface area contributed by atoms with E-state index in [9.17, 15) is 14.7 Å². The van der Waals surface area contributed by atoms with Gasteiger partial charge in [-0.3, -0.25) is 9.59 Å². The van der Waals surface area contributed by atoms with Crippen LogP contribution in [0.2, 0.25) is 0 Å². The minimum Gasteiger partial charge on any atom is -0.396 e. The number of hydrogen-bond acceptors (Lipinski definition) is 5. The molecule has 4 rings (SSSR count). The Morgan fingerprint density at radius 3 is 2.80 bits per heavy atom. The molecular formula is C25H36O4S. The van der Waals surface area contributed by atoms with Crippen molar-refractivity contribution >= 4 is 22.7 Å². The second-order valence-electron chi connectivity index (χ2n) is 10.6. The summed E-state index contributed by atoms with van der Waals surface area (Å²) in [7, 11) is 0. The number of rotatable bonds is 5. The predicted molar refractivity (Wildman–Crippen MR) is 120 cm³/mol. The number of carbonyl (C=O) groups is 2. The normalized spacial score (nSPS) is 43.4. The smallest absolute Gasteiger partial charge is 0.192 e. The Balaban J connectivity index is 1.66. The molecule has 30 heavy (non-hydrogen) atoms. The van der Waals surface area contributed by atoms with Crippen LogP contribution in [0.3, 0.4) is 0 Å². The predicted octanol–water partition coefficient (Wildman–Crippen LogP) is 4.30. The van der Waals surface area contributed by atoms with Crippen LogP contribution in [-0.2, 0) is 9.59 Å². The highest BCUT2D eigenvalue weighted by atomic mass is 32.2. The zero-order valence-corrected chi connectivity index (χ0v) is 19.3. The van der Waals surface area contributed by atoms with Gasteiger partial charge in [-0.1, -0.05) is 50.3 Å². The van der Waals surface area contributed by atoms with E-state index in [1.54, 1.807) is 0 Å². The van der Waals surface area contributed by atoms with Crippen LogP contribution in [0.25, 0.3) is 0 Å². The van der Waals surface area contributed by atoms with E-state index in [1.165, 1.54) is 17.3 Å². The van der Waals surface area contributed by atoms with Crippen molar-refractivity contribution in [1.29, 1.82) is 0 Å². The van der Waals surface area contributed by atoms with Gasteiger partial charge in [0.25, 0.3) is 0 Å². The molecular weight excluding hydrogens is 396 g/mol. The lowest BCUT2D eigenvalue weighted by Gasteiger charge is -2.59. The Bertz CT molecular complexity index is 773. The first-order valence-corrected chi connectivity index (χ1v) is 12.5. The summed E-state index contributed by atoms with van der Waals surface area (Å²) in [5.74, 6) is 1.21. The molecule has 0 bridgehead atoms. The number of ketones is 1. The van der Waals surface area contributed by atoms with Crippen molar-refractivity contribution in [2.75, 3.05) is 6.61 Å². The molecule has 4 aliphatic carbocycles. The summed E-state index contributed by atoms with van der Waals surface area (Å²) in [5, 5.41) is 20.2. The number of allylic oxidation sites excluding steroid dienone is 3. The molecule has 0 amide bonds. The minimum atomic E-state index is -0.411. The molecule has 2 N–H and O–H groups in total. The SMILES string of the molecule is CC(CCCO)C(=O)S[C@@H]1CC2=CC(=O)CC[C@]2(C)[C@H]2CC[C@]3(C)[C@@H](O)C=C[C@H]3[C@H]12. The molecule has 2 fully saturated rings. The number of aliphatic hydroxyl groups excluding tert-OH is 2. The zero-order valence-electron chi connectivity index (χ0n) is 18.5. The average Bonchev–Trinajstić information content (AvgIpc) is 3.02. The Morgan fingerprint density at radius 2 is 2.07 bits per heavy atom. The fraction of sp³-hybridized carbons (Fsp3) is 0.760. The summed E-state index contributed by atoms with van der Waals surface area (Å²) in [6.07, 6.45) is 11.4.